The third-order valence-electron chi connectivity index (χ3n) is 7.58. The maximum Gasteiger partial charge on any atom is 0.311 e. The molecule has 1 rings (SSSR count). The summed E-state index contributed by atoms with van der Waals surface area (Å²) in [6.07, 6.45) is 24.9. The largest absolute Gasteiger partial charge is 0.426 e. The highest BCUT2D eigenvalue weighted by Gasteiger charge is 2.27. The van der Waals surface area contributed by atoms with Gasteiger partial charge >= 0.3 is 5.97 Å². The van der Waals surface area contributed by atoms with Crippen molar-refractivity contribution in [1.29, 1.82) is 0 Å². The zero-order valence-electron chi connectivity index (χ0n) is 26.0. The Morgan fingerprint density at radius 3 is 1.22 bits per heavy atom. The van der Waals surface area contributed by atoms with Gasteiger partial charge in [0.2, 0.25) is 0 Å². The number of hydrogen-bond acceptors (Lipinski definition) is 2. The molecule has 0 saturated carbocycles. The van der Waals surface area contributed by atoms with E-state index in [0.717, 1.165) is 29.7 Å². The molecule has 2 nitrogen and oxygen atoms in total. The summed E-state index contributed by atoms with van der Waals surface area (Å²) in [5.41, 5.74) is 2.10. The molecule has 0 aliphatic rings. The molecule has 0 amide bonds. The molecule has 0 N–H and O–H groups in total. The summed E-state index contributed by atoms with van der Waals surface area (Å²) in [6, 6.07) is 6.30. The van der Waals surface area contributed by atoms with Gasteiger partial charge in [0, 0.05) is 17.5 Å². The Labute approximate surface area is 231 Å². The summed E-state index contributed by atoms with van der Waals surface area (Å²) < 4.78 is 6.02. The fourth-order valence-corrected chi connectivity index (χ4v) is 5.16. The molecule has 0 spiro atoms. The molecule has 2 heteroatoms. The highest BCUT2D eigenvalue weighted by molar-refractivity contribution is 5.73. The van der Waals surface area contributed by atoms with E-state index in [-0.39, 0.29) is 16.8 Å². The van der Waals surface area contributed by atoms with Crippen LogP contribution in [0.1, 0.15) is 182 Å². The van der Waals surface area contributed by atoms with Crippen molar-refractivity contribution in [2.75, 3.05) is 0 Å². The second-order valence-electron chi connectivity index (χ2n) is 13.4. The Hall–Kier alpha value is -1.31. The van der Waals surface area contributed by atoms with Crippen LogP contribution in [-0.4, -0.2) is 5.97 Å². The zero-order chi connectivity index (χ0) is 27.6. The van der Waals surface area contributed by atoms with Gasteiger partial charge in [0.15, 0.2) is 0 Å². The molecule has 0 fully saturated rings. The smallest absolute Gasteiger partial charge is 0.311 e. The predicted molar refractivity (Wildman–Crippen MR) is 163 cm³/mol. The molecule has 0 radical (unpaired) electrons. The van der Waals surface area contributed by atoms with E-state index in [1.54, 1.807) is 0 Å². The third kappa shape index (κ3) is 15.6. The van der Waals surface area contributed by atoms with Crippen molar-refractivity contribution in [2.45, 2.75) is 181 Å². The van der Waals surface area contributed by atoms with Crippen molar-refractivity contribution in [3.8, 4) is 5.75 Å². The number of carbonyl (C=O) groups excluding carboxylic acids is 1. The minimum Gasteiger partial charge on any atom is -0.426 e. The molecule has 0 unspecified atom stereocenters. The molecular weight excluding hydrogens is 452 g/mol. The Bertz CT molecular complexity index is 688. The number of para-hydroxylation sites is 1. The van der Waals surface area contributed by atoms with E-state index in [0.29, 0.717) is 6.42 Å². The molecule has 214 valence electrons. The maximum absolute atomic E-state index is 12.7. The lowest BCUT2D eigenvalue weighted by molar-refractivity contribution is -0.134. The molecule has 37 heavy (non-hydrogen) atoms. The van der Waals surface area contributed by atoms with E-state index in [4.69, 9.17) is 4.74 Å². The molecule has 1 aromatic rings. The van der Waals surface area contributed by atoms with Gasteiger partial charge in [0.1, 0.15) is 5.75 Å². The summed E-state index contributed by atoms with van der Waals surface area (Å²) in [5.74, 6) is 0.702. The molecule has 0 aliphatic heterocycles. The van der Waals surface area contributed by atoms with Gasteiger partial charge in [-0.2, -0.15) is 0 Å². The number of rotatable bonds is 20. The molecule has 0 bridgehead atoms. The van der Waals surface area contributed by atoms with E-state index in [2.05, 4.69) is 66.7 Å². The number of carbonyl (C=O) groups is 1. The fraction of sp³-hybridized carbons (Fsp3) is 0.800. The van der Waals surface area contributed by atoms with E-state index in [1.165, 1.54) is 103 Å². The van der Waals surface area contributed by atoms with Gasteiger partial charge < -0.3 is 4.74 Å². The first kappa shape index (κ1) is 33.7. The van der Waals surface area contributed by atoms with E-state index in [1.807, 2.05) is 0 Å². The number of hydrogen-bond donors (Lipinski definition) is 0. The van der Waals surface area contributed by atoms with E-state index < -0.39 is 0 Å². The topological polar surface area (TPSA) is 26.3 Å². The van der Waals surface area contributed by atoms with Crippen LogP contribution in [0.2, 0.25) is 0 Å². The van der Waals surface area contributed by atoms with E-state index in [9.17, 15) is 4.79 Å². The first-order valence-electron chi connectivity index (χ1n) is 15.9. The Morgan fingerprint density at radius 1 is 0.568 bits per heavy atom. The molecule has 0 aliphatic carbocycles. The van der Waals surface area contributed by atoms with Gasteiger partial charge in [-0.15, -0.1) is 0 Å². The van der Waals surface area contributed by atoms with Gasteiger partial charge in [0.25, 0.3) is 0 Å². The number of esters is 1. The quantitative estimate of drug-likeness (QED) is 0.0982. The van der Waals surface area contributed by atoms with Crippen LogP contribution in [0.4, 0.5) is 0 Å². The van der Waals surface area contributed by atoms with Crippen LogP contribution in [0.15, 0.2) is 18.2 Å². The molecule has 0 atom stereocenters. The first-order chi connectivity index (χ1) is 17.6. The number of unbranched alkanes of at least 4 members (excludes halogenated alkanes) is 17. The van der Waals surface area contributed by atoms with Crippen LogP contribution in [-0.2, 0) is 15.6 Å². The van der Waals surface area contributed by atoms with E-state index >= 15 is 0 Å². The van der Waals surface area contributed by atoms with Crippen molar-refractivity contribution in [2.24, 2.45) is 0 Å². The monoisotopic (exact) mass is 514 g/mol. The first-order valence-corrected chi connectivity index (χ1v) is 15.9. The van der Waals surface area contributed by atoms with Crippen LogP contribution >= 0.6 is 0 Å². The van der Waals surface area contributed by atoms with Gasteiger partial charge in [-0.25, -0.2) is 0 Å². The number of ether oxygens (including phenoxy) is 1. The van der Waals surface area contributed by atoms with Gasteiger partial charge in [0.05, 0.1) is 0 Å². The molecule has 0 aromatic heterocycles. The minimum atomic E-state index is -0.0845. The molecular formula is C35H62O2. The Kier molecular flexibility index (Phi) is 17.2. The summed E-state index contributed by atoms with van der Waals surface area (Å²) in [6.45, 7) is 15.4. The molecule has 0 saturated heterocycles. The van der Waals surface area contributed by atoms with Gasteiger partial charge in [-0.3, -0.25) is 4.79 Å². The zero-order valence-corrected chi connectivity index (χ0v) is 26.0. The summed E-state index contributed by atoms with van der Waals surface area (Å²) in [4.78, 5) is 12.7. The molecule has 0 heterocycles. The van der Waals surface area contributed by atoms with Crippen molar-refractivity contribution in [3.05, 3.63) is 29.3 Å². The normalized spacial score (nSPS) is 12.2. The Balaban J connectivity index is 2.11. The van der Waals surface area contributed by atoms with Crippen molar-refractivity contribution < 1.29 is 9.53 Å². The SMILES string of the molecule is CCCCCCCCCCCCCCCCCCCCC(=O)Oc1c(C(C)(C)C)cccc1C(C)(C)C. The highest BCUT2D eigenvalue weighted by Crippen LogP contribution is 2.39. The minimum absolute atomic E-state index is 0.0651. The second kappa shape index (κ2) is 18.9. The average molecular weight is 515 g/mol. The van der Waals surface area contributed by atoms with Crippen molar-refractivity contribution in [1.82, 2.24) is 0 Å². The highest BCUT2D eigenvalue weighted by atomic mass is 16.5. The Morgan fingerprint density at radius 2 is 0.892 bits per heavy atom. The van der Waals surface area contributed by atoms with Gasteiger partial charge in [-0.05, 0) is 17.3 Å². The van der Waals surface area contributed by atoms with Crippen molar-refractivity contribution in [3.63, 3.8) is 0 Å². The maximum atomic E-state index is 12.7. The third-order valence-corrected chi connectivity index (χ3v) is 7.58. The summed E-state index contributed by atoms with van der Waals surface area (Å²) >= 11 is 0. The second-order valence-corrected chi connectivity index (χ2v) is 13.4. The van der Waals surface area contributed by atoms with Crippen LogP contribution in [0.5, 0.6) is 5.75 Å². The lowest BCUT2D eigenvalue weighted by atomic mass is 9.79. The summed E-state index contributed by atoms with van der Waals surface area (Å²) in [7, 11) is 0. The average Bonchev–Trinajstić information content (AvgIpc) is 2.82. The lowest BCUT2D eigenvalue weighted by Crippen LogP contribution is -2.21. The van der Waals surface area contributed by atoms with Crippen LogP contribution < -0.4 is 4.74 Å². The van der Waals surface area contributed by atoms with Gasteiger partial charge in [-0.1, -0.05) is 176 Å². The summed E-state index contributed by atoms with van der Waals surface area (Å²) in [5, 5.41) is 0. The van der Waals surface area contributed by atoms with Crippen LogP contribution in [0, 0.1) is 0 Å². The molecule has 1 aromatic carbocycles. The van der Waals surface area contributed by atoms with Crippen molar-refractivity contribution >= 4 is 5.97 Å². The lowest BCUT2D eigenvalue weighted by Gasteiger charge is -2.28. The standard InChI is InChI=1S/C35H62O2/c1-8-9-10-11-12-13-14-15-16-17-18-19-20-21-22-23-24-25-29-32(36)37-33-30(34(2,3)4)27-26-28-31(33)35(5,6)7/h26-28H,8-25,29H2,1-7H3. The van der Waals surface area contributed by atoms with Crippen LogP contribution in [0.3, 0.4) is 0 Å². The fourth-order valence-electron chi connectivity index (χ4n) is 5.16. The van der Waals surface area contributed by atoms with Crippen LogP contribution in [0.25, 0.3) is 0 Å². The number of benzene rings is 1. The predicted octanol–water partition coefficient (Wildman–Crippen LogP) is 11.6.